The first-order chi connectivity index (χ1) is 7.37. The first-order valence-electron chi connectivity index (χ1n) is 3.89. The van der Waals surface area contributed by atoms with E-state index in [1.165, 1.54) is 0 Å². The van der Waals surface area contributed by atoms with Gasteiger partial charge in [0.2, 0.25) is 5.88 Å². The lowest BCUT2D eigenvalue weighted by molar-refractivity contribution is -0.276. The average Bonchev–Trinajstić information content (AvgIpc) is 2.16. The van der Waals surface area contributed by atoms with Gasteiger partial charge < -0.3 is 9.47 Å². The molecule has 0 unspecified atom stereocenters. The van der Waals surface area contributed by atoms with Crippen LogP contribution in [0.15, 0.2) is 10.9 Å². The summed E-state index contributed by atoms with van der Waals surface area (Å²) in [7, 11) is 1.07. The maximum atomic E-state index is 11.9. The summed E-state index contributed by atoms with van der Waals surface area (Å²) in [6.07, 6.45) is -4.77. The third-order valence-corrected chi connectivity index (χ3v) is 1.56. The van der Waals surface area contributed by atoms with E-state index in [-0.39, 0.29) is 17.6 Å². The van der Waals surface area contributed by atoms with Crippen LogP contribution in [0.5, 0.6) is 11.6 Å². The second kappa shape index (κ2) is 4.25. The van der Waals surface area contributed by atoms with Crippen molar-refractivity contribution in [2.45, 2.75) is 6.36 Å². The number of nitrogens with one attached hydrogen (secondary N) is 1. The van der Waals surface area contributed by atoms with E-state index in [1.54, 1.807) is 4.98 Å². The summed E-state index contributed by atoms with van der Waals surface area (Å²) in [6, 6.07) is 0.854. The van der Waals surface area contributed by atoms with Crippen molar-refractivity contribution in [3.63, 3.8) is 0 Å². The second-order valence-corrected chi connectivity index (χ2v) is 2.62. The number of H-pyrrole nitrogens is 1. The lowest BCUT2D eigenvalue weighted by Crippen LogP contribution is -2.22. The Morgan fingerprint density at radius 2 is 2.06 bits per heavy atom. The van der Waals surface area contributed by atoms with Gasteiger partial charge in [-0.05, 0) is 0 Å². The quantitative estimate of drug-likeness (QED) is 0.799. The molecule has 1 N–H and O–H groups in total. The van der Waals surface area contributed by atoms with Gasteiger partial charge in [0.25, 0.3) is 5.56 Å². The summed E-state index contributed by atoms with van der Waals surface area (Å²) >= 11 is 0. The summed E-state index contributed by atoms with van der Waals surface area (Å²) < 4.78 is 43.7. The number of hydrogen-bond acceptors (Lipinski definition) is 4. The van der Waals surface area contributed by atoms with Gasteiger partial charge in [-0.2, -0.15) is 0 Å². The van der Waals surface area contributed by atoms with Gasteiger partial charge in [0, 0.05) is 6.07 Å². The molecule has 1 rings (SSSR count). The lowest BCUT2D eigenvalue weighted by Gasteiger charge is -2.11. The van der Waals surface area contributed by atoms with Gasteiger partial charge in [0.15, 0.2) is 12.0 Å². The highest BCUT2D eigenvalue weighted by molar-refractivity contribution is 5.75. The summed E-state index contributed by atoms with van der Waals surface area (Å²) in [5.41, 5.74) is -1.35. The third-order valence-electron chi connectivity index (χ3n) is 1.56. The van der Waals surface area contributed by atoms with Crippen LogP contribution in [0.2, 0.25) is 0 Å². The van der Waals surface area contributed by atoms with Crippen LogP contribution in [-0.2, 0) is 0 Å². The largest absolute Gasteiger partial charge is 0.574 e. The van der Waals surface area contributed by atoms with Crippen molar-refractivity contribution in [2.75, 3.05) is 7.11 Å². The fourth-order valence-corrected chi connectivity index (χ4v) is 0.940. The Hall–Kier alpha value is -1.99. The van der Waals surface area contributed by atoms with E-state index in [9.17, 15) is 22.8 Å². The molecule has 0 aliphatic heterocycles. The number of ether oxygens (including phenoxy) is 2. The standard InChI is InChI=1S/C8H6F3NO4/c1-15-5-2-4(3-13)6(14)12-7(5)16-8(9,10)11/h2-3H,1H3,(H,12,14). The zero-order valence-electron chi connectivity index (χ0n) is 7.92. The van der Waals surface area contributed by atoms with Crippen molar-refractivity contribution < 1.29 is 27.4 Å². The maximum Gasteiger partial charge on any atom is 0.574 e. The number of pyridine rings is 1. The fraction of sp³-hybridized carbons (Fsp3) is 0.250. The van der Waals surface area contributed by atoms with E-state index < -0.39 is 17.8 Å². The molecule has 0 bridgehead atoms. The van der Waals surface area contributed by atoms with E-state index in [0.29, 0.717) is 0 Å². The van der Waals surface area contributed by atoms with Crippen molar-refractivity contribution in [1.82, 2.24) is 4.98 Å². The van der Waals surface area contributed by atoms with E-state index in [2.05, 4.69) is 9.47 Å². The number of aromatic amines is 1. The number of aldehydes is 1. The molecule has 0 saturated carbocycles. The van der Waals surface area contributed by atoms with E-state index in [0.717, 1.165) is 13.2 Å². The molecule has 0 aliphatic carbocycles. The summed E-state index contributed by atoms with van der Waals surface area (Å²) in [4.78, 5) is 23.1. The van der Waals surface area contributed by atoms with E-state index in [1.807, 2.05) is 0 Å². The summed E-state index contributed by atoms with van der Waals surface area (Å²) in [5.74, 6) is -1.29. The molecule has 0 aliphatic rings. The number of hydrogen-bond donors (Lipinski definition) is 1. The smallest absolute Gasteiger partial charge is 0.491 e. The van der Waals surface area contributed by atoms with Crippen LogP contribution >= 0.6 is 0 Å². The minimum Gasteiger partial charge on any atom is -0.491 e. The first-order valence-corrected chi connectivity index (χ1v) is 3.89. The third kappa shape index (κ3) is 2.75. The molecule has 1 heterocycles. The van der Waals surface area contributed by atoms with Gasteiger partial charge in [-0.3, -0.25) is 14.6 Å². The van der Waals surface area contributed by atoms with Gasteiger partial charge in [-0.15, -0.1) is 13.2 Å². The van der Waals surface area contributed by atoms with Crippen molar-refractivity contribution in [3.8, 4) is 11.6 Å². The Bertz CT molecular complexity index is 452. The monoisotopic (exact) mass is 237 g/mol. The van der Waals surface area contributed by atoms with Gasteiger partial charge >= 0.3 is 6.36 Å². The van der Waals surface area contributed by atoms with Gasteiger partial charge in [-0.25, -0.2) is 0 Å². The summed E-state index contributed by atoms with van der Waals surface area (Å²) in [5, 5.41) is 0. The first kappa shape index (κ1) is 12.1. The molecule has 0 spiro atoms. The molecule has 0 fully saturated rings. The van der Waals surface area contributed by atoms with Crippen LogP contribution in [0.25, 0.3) is 0 Å². The number of carbonyl (C=O) groups is 1. The molecule has 0 amide bonds. The molecule has 0 saturated heterocycles. The number of alkyl halides is 3. The highest BCUT2D eigenvalue weighted by Crippen LogP contribution is 2.28. The minimum atomic E-state index is -4.96. The number of aromatic nitrogens is 1. The molecule has 88 valence electrons. The highest BCUT2D eigenvalue weighted by atomic mass is 19.4. The van der Waals surface area contributed by atoms with Crippen LogP contribution in [0.1, 0.15) is 10.4 Å². The zero-order valence-corrected chi connectivity index (χ0v) is 7.92. The Balaban J connectivity index is 3.24. The number of methoxy groups -OCH3 is 1. The average molecular weight is 237 g/mol. The molecular formula is C8H6F3NO4. The molecule has 1 aromatic rings. The van der Waals surface area contributed by atoms with E-state index in [4.69, 9.17) is 0 Å². The van der Waals surface area contributed by atoms with Crippen molar-refractivity contribution in [2.24, 2.45) is 0 Å². The number of rotatable bonds is 3. The molecule has 8 heteroatoms. The Morgan fingerprint density at radius 1 is 1.44 bits per heavy atom. The number of carbonyl (C=O) groups excluding carboxylic acids is 1. The lowest BCUT2D eigenvalue weighted by atomic mass is 10.3. The van der Waals surface area contributed by atoms with Crippen LogP contribution in [0.3, 0.4) is 0 Å². The summed E-state index contributed by atoms with van der Waals surface area (Å²) in [6.45, 7) is 0. The molecule has 0 aromatic carbocycles. The number of halogens is 3. The van der Waals surface area contributed by atoms with Crippen LogP contribution in [0, 0.1) is 0 Å². The Morgan fingerprint density at radius 3 is 2.50 bits per heavy atom. The fourth-order valence-electron chi connectivity index (χ4n) is 0.940. The van der Waals surface area contributed by atoms with Crippen molar-refractivity contribution >= 4 is 6.29 Å². The predicted molar refractivity (Wildman–Crippen MR) is 45.7 cm³/mol. The van der Waals surface area contributed by atoms with Crippen molar-refractivity contribution in [3.05, 3.63) is 22.0 Å². The predicted octanol–water partition coefficient (Wildman–Crippen LogP) is 1.09. The topological polar surface area (TPSA) is 68.4 Å². The van der Waals surface area contributed by atoms with E-state index >= 15 is 0 Å². The Kier molecular flexibility index (Phi) is 3.21. The molecule has 0 atom stereocenters. The SMILES string of the molecule is COc1cc(C=O)c(=O)[nH]c1OC(F)(F)F. The highest BCUT2D eigenvalue weighted by Gasteiger charge is 2.33. The zero-order chi connectivity index (χ0) is 12.3. The maximum absolute atomic E-state index is 11.9. The van der Waals surface area contributed by atoms with Crippen LogP contribution < -0.4 is 15.0 Å². The van der Waals surface area contributed by atoms with Gasteiger partial charge in [0.05, 0.1) is 12.7 Å². The van der Waals surface area contributed by atoms with Crippen LogP contribution in [0.4, 0.5) is 13.2 Å². The second-order valence-electron chi connectivity index (χ2n) is 2.62. The molecular weight excluding hydrogens is 231 g/mol. The molecule has 1 aromatic heterocycles. The minimum absolute atomic E-state index is 0.193. The normalized spacial score (nSPS) is 11.0. The Labute approximate surface area is 86.8 Å². The molecule has 0 radical (unpaired) electrons. The van der Waals surface area contributed by atoms with Gasteiger partial charge in [-0.1, -0.05) is 0 Å². The van der Waals surface area contributed by atoms with Crippen molar-refractivity contribution in [1.29, 1.82) is 0 Å². The van der Waals surface area contributed by atoms with Gasteiger partial charge in [0.1, 0.15) is 0 Å². The van der Waals surface area contributed by atoms with Crippen LogP contribution in [-0.4, -0.2) is 24.7 Å². The molecule has 16 heavy (non-hydrogen) atoms. The molecule has 5 nitrogen and oxygen atoms in total.